The molecule has 98 valence electrons. The second-order valence-electron chi connectivity index (χ2n) is 4.08. The summed E-state index contributed by atoms with van der Waals surface area (Å²) < 4.78 is 7.15. The van der Waals surface area contributed by atoms with Gasteiger partial charge in [0.05, 0.1) is 25.3 Å². The first-order chi connectivity index (χ1) is 9.33. The van der Waals surface area contributed by atoms with Crippen molar-refractivity contribution in [1.82, 2.24) is 15.1 Å². The quantitative estimate of drug-likeness (QED) is 0.797. The van der Waals surface area contributed by atoms with Gasteiger partial charge in [0.2, 0.25) is 0 Å². The van der Waals surface area contributed by atoms with Crippen molar-refractivity contribution in [3.8, 4) is 11.8 Å². The van der Waals surface area contributed by atoms with Crippen molar-refractivity contribution in [3.63, 3.8) is 0 Å². The number of nitriles is 1. The van der Waals surface area contributed by atoms with Gasteiger partial charge in [-0.3, -0.25) is 4.68 Å². The monoisotopic (exact) mass is 256 g/mol. The Morgan fingerprint density at radius 1 is 1.47 bits per heavy atom. The molecule has 1 N–H and O–H groups in total. The molecule has 5 nitrogen and oxygen atoms in total. The lowest BCUT2D eigenvalue weighted by molar-refractivity contribution is 0.407. The predicted octanol–water partition coefficient (Wildman–Crippen LogP) is 1.55. The van der Waals surface area contributed by atoms with E-state index in [2.05, 4.69) is 16.5 Å². The zero-order valence-corrected chi connectivity index (χ0v) is 10.8. The SMILES string of the molecule is COc1ccc(C#N)cc1CNCCn1cccn1. The van der Waals surface area contributed by atoms with Crippen LogP contribution in [0.2, 0.25) is 0 Å². The maximum atomic E-state index is 8.90. The Morgan fingerprint density at radius 2 is 2.37 bits per heavy atom. The Labute approximate surface area is 112 Å². The third-order valence-electron chi connectivity index (χ3n) is 2.80. The summed E-state index contributed by atoms with van der Waals surface area (Å²) in [5.74, 6) is 0.797. The fraction of sp³-hybridized carbons (Fsp3) is 0.286. The molecule has 1 heterocycles. The molecule has 0 fully saturated rings. The van der Waals surface area contributed by atoms with Crippen molar-refractivity contribution in [2.75, 3.05) is 13.7 Å². The number of aromatic nitrogens is 2. The molecule has 5 heteroatoms. The lowest BCUT2D eigenvalue weighted by atomic mass is 10.1. The van der Waals surface area contributed by atoms with Crippen LogP contribution in [0.5, 0.6) is 5.75 Å². The topological polar surface area (TPSA) is 62.9 Å². The molecule has 2 aromatic rings. The highest BCUT2D eigenvalue weighted by Gasteiger charge is 2.04. The zero-order chi connectivity index (χ0) is 13.5. The highest BCUT2D eigenvalue weighted by molar-refractivity contribution is 5.41. The first-order valence-corrected chi connectivity index (χ1v) is 6.08. The summed E-state index contributed by atoms with van der Waals surface area (Å²) in [6.07, 6.45) is 3.69. The zero-order valence-electron chi connectivity index (χ0n) is 10.8. The van der Waals surface area contributed by atoms with Crippen molar-refractivity contribution in [3.05, 3.63) is 47.8 Å². The molecule has 0 aliphatic rings. The molecule has 0 radical (unpaired) electrons. The van der Waals surface area contributed by atoms with Gasteiger partial charge in [0.25, 0.3) is 0 Å². The number of hydrogen-bond donors (Lipinski definition) is 1. The molecule has 0 amide bonds. The number of hydrogen-bond acceptors (Lipinski definition) is 4. The number of rotatable bonds is 6. The van der Waals surface area contributed by atoms with Crippen LogP contribution in [0.25, 0.3) is 0 Å². The van der Waals surface area contributed by atoms with E-state index in [0.717, 1.165) is 24.4 Å². The van der Waals surface area contributed by atoms with E-state index in [0.29, 0.717) is 12.1 Å². The minimum atomic E-state index is 0.643. The van der Waals surface area contributed by atoms with Crippen LogP contribution in [0.3, 0.4) is 0 Å². The Bertz CT molecular complexity index is 557. The van der Waals surface area contributed by atoms with E-state index in [1.54, 1.807) is 19.4 Å². The van der Waals surface area contributed by atoms with E-state index >= 15 is 0 Å². The smallest absolute Gasteiger partial charge is 0.123 e. The van der Waals surface area contributed by atoms with Gasteiger partial charge in [0, 0.05) is 31.0 Å². The summed E-state index contributed by atoms with van der Waals surface area (Å²) in [4.78, 5) is 0. The Hall–Kier alpha value is -2.32. The molecule has 0 aliphatic carbocycles. The van der Waals surface area contributed by atoms with E-state index in [4.69, 9.17) is 10.00 Å². The lowest BCUT2D eigenvalue weighted by Gasteiger charge is -2.10. The van der Waals surface area contributed by atoms with Crippen LogP contribution in [-0.2, 0) is 13.1 Å². The van der Waals surface area contributed by atoms with Gasteiger partial charge in [-0.1, -0.05) is 0 Å². The number of nitrogens with zero attached hydrogens (tertiary/aromatic N) is 3. The van der Waals surface area contributed by atoms with Gasteiger partial charge in [-0.15, -0.1) is 0 Å². The largest absolute Gasteiger partial charge is 0.496 e. The summed E-state index contributed by atoms with van der Waals surface area (Å²) >= 11 is 0. The minimum Gasteiger partial charge on any atom is -0.496 e. The van der Waals surface area contributed by atoms with Crippen molar-refractivity contribution < 1.29 is 4.74 Å². The standard InChI is InChI=1S/C14H16N4O/c1-19-14-4-3-12(10-15)9-13(14)11-16-6-8-18-7-2-5-17-18/h2-5,7,9,16H,6,8,11H2,1H3. The predicted molar refractivity (Wildman–Crippen MR) is 71.6 cm³/mol. The molecule has 1 aromatic heterocycles. The summed E-state index contributed by atoms with van der Waals surface area (Å²) in [5, 5.41) is 16.3. The average molecular weight is 256 g/mol. The first kappa shape index (κ1) is 13.1. The van der Waals surface area contributed by atoms with Crippen LogP contribution in [-0.4, -0.2) is 23.4 Å². The van der Waals surface area contributed by atoms with Gasteiger partial charge in [0.1, 0.15) is 5.75 Å². The van der Waals surface area contributed by atoms with Crippen LogP contribution in [0, 0.1) is 11.3 Å². The summed E-state index contributed by atoms with van der Waals surface area (Å²) in [7, 11) is 1.63. The van der Waals surface area contributed by atoms with Gasteiger partial charge in [-0.2, -0.15) is 10.4 Å². The van der Waals surface area contributed by atoms with Crippen LogP contribution >= 0.6 is 0 Å². The molecule has 0 aliphatic heterocycles. The first-order valence-electron chi connectivity index (χ1n) is 6.08. The average Bonchev–Trinajstić information content (AvgIpc) is 2.96. The van der Waals surface area contributed by atoms with Crippen molar-refractivity contribution >= 4 is 0 Å². The van der Waals surface area contributed by atoms with Gasteiger partial charge in [-0.25, -0.2) is 0 Å². The molecule has 0 atom stereocenters. The van der Waals surface area contributed by atoms with Gasteiger partial charge in [0.15, 0.2) is 0 Å². The molecule has 0 spiro atoms. The Kier molecular flexibility index (Phi) is 4.54. The summed E-state index contributed by atoms with van der Waals surface area (Å²) in [6.45, 7) is 2.29. The second-order valence-corrected chi connectivity index (χ2v) is 4.08. The second kappa shape index (κ2) is 6.57. The third kappa shape index (κ3) is 3.57. The number of benzene rings is 1. The Morgan fingerprint density at radius 3 is 3.05 bits per heavy atom. The molecular weight excluding hydrogens is 240 g/mol. The Balaban J connectivity index is 1.89. The summed E-state index contributed by atoms with van der Waals surface area (Å²) in [5.41, 5.74) is 1.63. The van der Waals surface area contributed by atoms with Crippen molar-refractivity contribution in [1.29, 1.82) is 5.26 Å². The van der Waals surface area contributed by atoms with E-state index in [-0.39, 0.29) is 0 Å². The van der Waals surface area contributed by atoms with Gasteiger partial charge in [-0.05, 0) is 24.3 Å². The van der Waals surface area contributed by atoms with Crippen molar-refractivity contribution in [2.45, 2.75) is 13.1 Å². The fourth-order valence-electron chi connectivity index (χ4n) is 1.84. The minimum absolute atomic E-state index is 0.643. The maximum absolute atomic E-state index is 8.90. The van der Waals surface area contributed by atoms with E-state index in [9.17, 15) is 0 Å². The van der Waals surface area contributed by atoms with E-state index < -0.39 is 0 Å². The van der Waals surface area contributed by atoms with Crippen molar-refractivity contribution in [2.24, 2.45) is 0 Å². The van der Waals surface area contributed by atoms with E-state index in [1.807, 2.05) is 29.1 Å². The van der Waals surface area contributed by atoms with E-state index in [1.165, 1.54) is 0 Å². The van der Waals surface area contributed by atoms with Crippen LogP contribution in [0.15, 0.2) is 36.7 Å². The highest BCUT2D eigenvalue weighted by Crippen LogP contribution is 2.19. The number of nitrogens with one attached hydrogen (secondary N) is 1. The maximum Gasteiger partial charge on any atom is 0.123 e. The third-order valence-corrected chi connectivity index (χ3v) is 2.80. The molecule has 0 unspecified atom stereocenters. The van der Waals surface area contributed by atoms with Gasteiger partial charge >= 0.3 is 0 Å². The lowest BCUT2D eigenvalue weighted by Crippen LogP contribution is -2.20. The fourth-order valence-corrected chi connectivity index (χ4v) is 1.84. The molecule has 0 saturated carbocycles. The number of ether oxygens (including phenoxy) is 1. The number of methoxy groups -OCH3 is 1. The van der Waals surface area contributed by atoms with Crippen LogP contribution < -0.4 is 10.1 Å². The molecule has 0 saturated heterocycles. The molecule has 2 rings (SSSR count). The normalized spacial score (nSPS) is 10.1. The molecule has 1 aromatic carbocycles. The van der Waals surface area contributed by atoms with Crippen LogP contribution in [0.4, 0.5) is 0 Å². The highest BCUT2D eigenvalue weighted by atomic mass is 16.5. The molecule has 19 heavy (non-hydrogen) atoms. The molecule has 0 bridgehead atoms. The molecular formula is C14H16N4O. The van der Waals surface area contributed by atoms with Crippen LogP contribution in [0.1, 0.15) is 11.1 Å². The summed E-state index contributed by atoms with van der Waals surface area (Å²) in [6, 6.07) is 9.46. The van der Waals surface area contributed by atoms with Gasteiger partial charge < -0.3 is 10.1 Å².